The van der Waals surface area contributed by atoms with E-state index >= 15 is 0 Å². The summed E-state index contributed by atoms with van der Waals surface area (Å²) in [5.74, 6) is -2.77. The van der Waals surface area contributed by atoms with E-state index in [4.69, 9.17) is 0 Å². The maximum Gasteiger partial charge on any atom is 0.309 e. The van der Waals surface area contributed by atoms with E-state index in [2.05, 4.69) is 19.9 Å². The standard InChI is InChI=1S/C9H2F4N4/c10-3-4(11)7-6(16-9(13)17-7)2-1-14-8(12)15-5(2)3/h1H,(H,16,17). The molecule has 0 aliphatic heterocycles. The quantitative estimate of drug-likeness (QED) is 0.485. The summed E-state index contributed by atoms with van der Waals surface area (Å²) in [6, 6.07) is 0. The van der Waals surface area contributed by atoms with Crippen molar-refractivity contribution in [1.82, 2.24) is 19.9 Å². The summed E-state index contributed by atoms with van der Waals surface area (Å²) in [6.07, 6.45) is -1.34. The lowest BCUT2D eigenvalue weighted by atomic mass is 10.2. The second-order valence-electron chi connectivity index (χ2n) is 3.28. The minimum atomic E-state index is -1.39. The van der Waals surface area contributed by atoms with Gasteiger partial charge in [-0.1, -0.05) is 0 Å². The van der Waals surface area contributed by atoms with E-state index in [9.17, 15) is 17.6 Å². The predicted molar refractivity (Wildman–Crippen MR) is 49.0 cm³/mol. The van der Waals surface area contributed by atoms with Crippen LogP contribution in [-0.4, -0.2) is 19.9 Å². The van der Waals surface area contributed by atoms with E-state index in [-0.39, 0.29) is 10.9 Å². The average molecular weight is 242 g/mol. The Hall–Kier alpha value is -2.25. The monoisotopic (exact) mass is 242 g/mol. The molecule has 3 aromatic rings. The predicted octanol–water partition coefficient (Wildman–Crippen LogP) is 2.06. The van der Waals surface area contributed by atoms with Gasteiger partial charge in [-0.3, -0.25) is 0 Å². The van der Waals surface area contributed by atoms with Crippen molar-refractivity contribution in [2.24, 2.45) is 0 Å². The summed E-state index contributed by atoms with van der Waals surface area (Å²) in [6.45, 7) is 0. The van der Waals surface area contributed by atoms with Crippen molar-refractivity contribution in [3.63, 3.8) is 0 Å². The molecule has 86 valence electrons. The van der Waals surface area contributed by atoms with Gasteiger partial charge in [0.15, 0.2) is 11.6 Å². The van der Waals surface area contributed by atoms with Crippen molar-refractivity contribution in [1.29, 1.82) is 0 Å². The van der Waals surface area contributed by atoms with Crippen LogP contribution in [0.1, 0.15) is 0 Å². The number of aromatic amines is 1. The van der Waals surface area contributed by atoms with E-state index in [0.29, 0.717) is 0 Å². The Morgan fingerprint density at radius 1 is 0.941 bits per heavy atom. The zero-order chi connectivity index (χ0) is 12.2. The van der Waals surface area contributed by atoms with Gasteiger partial charge in [0.1, 0.15) is 11.0 Å². The Labute approximate surface area is 90.3 Å². The number of H-pyrrole nitrogens is 1. The summed E-state index contributed by atoms with van der Waals surface area (Å²) in [5.41, 5.74) is -1.19. The maximum atomic E-state index is 13.5. The van der Waals surface area contributed by atoms with Crippen LogP contribution in [0.5, 0.6) is 0 Å². The smallest absolute Gasteiger partial charge is 0.309 e. The van der Waals surface area contributed by atoms with Gasteiger partial charge in [-0.25, -0.2) is 13.8 Å². The van der Waals surface area contributed by atoms with Crippen LogP contribution in [0.25, 0.3) is 21.9 Å². The van der Waals surface area contributed by atoms with Crippen LogP contribution in [0.2, 0.25) is 0 Å². The lowest BCUT2D eigenvalue weighted by Crippen LogP contribution is -1.96. The molecular weight excluding hydrogens is 240 g/mol. The molecule has 0 fully saturated rings. The molecule has 0 spiro atoms. The average Bonchev–Trinajstić information content (AvgIpc) is 2.68. The highest BCUT2D eigenvalue weighted by atomic mass is 19.2. The van der Waals surface area contributed by atoms with Crippen LogP contribution in [0.3, 0.4) is 0 Å². The van der Waals surface area contributed by atoms with Crippen molar-refractivity contribution >= 4 is 21.9 Å². The number of nitrogens with zero attached hydrogens (tertiary/aromatic N) is 3. The SMILES string of the molecule is Fc1ncc2c(n1)c(F)c(F)c1nc(F)[nH]c12. The fourth-order valence-electron chi connectivity index (χ4n) is 1.62. The van der Waals surface area contributed by atoms with Gasteiger partial charge in [0.05, 0.1) is 5.52 Å². The molecule has 0 bridgehead atoms. The van der Waals surface area contributed by atoms with Gasteiger partial charge in [-0.15, -0.1) is 0 Å². The van der Waals surface area contributed by atoms with Crippen LogP contribution in [0, 0.1) is 23.8 Å². The number of hydrogen-bond donors (Lipinski definition) is 1. The van der Waals surface area contributed by atoms with Crippen molar-refractivity contribution in [3.8, 4) is 0 Å². The van der Waals surface area contributed by atoms with E-state index in [1.54, 1.807) is 0 Å². The van der Waals surface area contributed by atoms with Crippen LogP contribution < -0.4 is 0 Å². The second kappa shape index (κ2) is 3.12. The van der Waals surface area contributed by atoms with Crippen LogP contribution in [-0.2, 0) is 0 Å². The van der Waals surface area contributed by atoms with Crippen molar-refractivity contribution in [2.45, 2.75) is 0 Å². The second-order valence-corrected chi connectivity index (χ2v) is 3.28. The molecule has 0 amide bonds. The Morgan fingerprint density at radius 3 is 2.41 bits per heavy atom. The molecule has 0 aliphatic carbocycles. The van der Waals surface area contributed by atoms with Crippen LogP contribution >= 0.6 is 0 Å². The van der Waals surface area contributed by atoms with Crippen molar-refractivity contribution in [2.75, 3.05) is 0 Å². The molecule has 0 saturated carbocycles. The third-order valence-corrected chi connectivity index (χ3v) is 2.31. The summed E-state index contributed by atoms with van der Waals surface area (Å²) in [4.78, 5) is 11.6. The number of halogens is 4. The van der Waals surface area contributed by atoms with Gasteiger partial charge in [-0.05, 0) is 0 Å². The van der Waals surface area contributed by atoms with Gasteiger partial charge in [0.25, 0.3) is 6.08 Å². The normalized spacial score (nSPS) is 11.5. The van der Waals surface area contributed by atoms with Crippen LogP contribution in [0.15, 0.2) is 6.20 Å². The molecule has 2 heterocycles. The first-order chi connectivity index (χ1) is 8.08. The number of benzene rings is 1. The Balaban J connectivity index is 2.64. The molecule has 1 N–H and O–H groups in total. The molecule has 0 radical (unpaired) electrons. The summed E-state index contributed by atoms with van der Waals surface area (Å²) < 4.78 is 52.6. The third-order valence-electron chi connectivity index (χ3n) is 2.31. The molecule has 4 nitrogen and oxygen atoms in total. The largest absolute Gasteiger partial charge is 0.313 e. The number of hydrogen-bond acceptors (Lipinski definition) is 3. The molecule has 8 heteroatoms. The Morgan fingerprint density at radius 2 is 1.65 bits per heavy atom. The first-order valence-corrected chi connectivity index (χ1v) is 4.42. The zero-order valence-electron chi connectivity index (χ0n) is 7.93. The highest BCUT2D eigenvalue weighted by molar-refractivity contribution is 6.02. The first-order valence-electron chi connectivity index (χ1n) is 4.42. The fourth-order valence-corrected chi connectivity index (χ4v) is 1.62. The van der Waals surface area contributed by atoms with E-state index < -0.39 is 34.8 Å². The molecule has 0 atom stereocenters. The molecule has 3 rings (SSSR count). The topological polar surface area (TPSA) is 54.5 Å². The minimum Gasteiger partial charge on any atom is -0.313 e. The minimum absolute atomic E-state index is 0.0447. The lowest BCUT2D eigenvalue weighted by Gasteiger charge is -2.00. The zero-order valence-corrected chi connectivity index (χ0v) is 7.93. The first kappa shape index (κ1) is 9.94. The van der Waals surface area contributed by atoms with Crippen LogP contribution in [0.4, 0.5) is 17.6 Å². The molecule has 2 aromatic heterocycles. The summed E-state index contributed by atoms with van der Waals surface area (Å²) in [7, 11) is 0. The maximum absolute atomic E-state index is 13.5. The van der Waals surface area contributed by atoms with Gasteiger partial charge >= 0.3 is 6.08 Å². The number of rotatable bonds is 0. The molecular formula is C9H2F4N4. The Bertz CT molecular complexity index is 752. The van der Waals surface area contributed by atoms with Crippen molar-refractivity contribution in [3.05, 3.63) is 30.0 Å². The van der Waals surface area contributed by atoms with Gasteiger partial charge < -0.3 is 4.98 Å². The van der Waals surface area contributed by atoms with Gasteiger partial charge in [-0.2, -0.15) is 18.7 Å². The summed E-state index contributed by atoms with van der Waals surface area (Å²) >= 11 is 0. The van der Waals surface area contributed by atoms with Gasteiger partial charge in [0, 0.05) is 11.6 Å². The summed E-state index contributed by atoms with van der Waals surface area (Å²) in [5, 5.41) is -0.0447. The third kappa shape index (κ3) is 1.26. The van der Waals surface area contributed by atoms with E-state index in [1.807, 2.05) is 0 Å². The number of fused-ring (bicyclic) bond motifs is 3. The lowest BCUT2D eigenvalue weighted by molar-refractivity contribution is 0.511. The molecule has 0 aliphatic rings. The highest BCUT2D eigenvalue weighted by Crippen LogP contribution is 2.27. The molecule has 0 unspecified atom stereocenters. The van der Waals surface area contributed by atoms with Gasteiger partial charge in [0.2, 0.25) is 0 Å². The molecule has 17 heavy (non-hydrogen) atoms. The number of imidazole rings is 1. The van der Waals surface area contributed by atoms with E-state index in [0.717, 1.165) is 6.20 Å². The van der Waals surface area contributed by atoms with E-state index in [1.165, 1.54) is 0 Å². The molecule has 0 saturated heterocycles. The Kier molecular flexibility index (Phi) is 1.83. The number of aromatic nitrogens is 4. The fraction of sp³-hybridized carbons (Fsp3) is 0. The van der Waals surface area contributed by atoms with Crippen molar-refractivity contribution < 1.29 is 17.6 Å². The number of nitrogens with one attached hydrogen (secondary N) is 1. The molecule has 1 aromatic carbocycles. The highest BCUT2D eigenvalue weighted by Gasteiger charge is 2.20.